The van der Waals surface area contributed by atoms with Crippen molar-refractivity contribution in [1.82, 2.24) is 10.1 Å². The van der Waals surface area contributed by atoms with Crippen LogP contribution in [0.15, 0.2) is 28.8 Å². The molecular weight excluding hydrogens is 353 g/mol. The second-order valence-corrected chi connectivity index (χ2v) is 6.43. The SMILES string of the molecule is NC1(c2noc(Cc3cccc(I)c3)n2)CCCC1. The third-order valence-electron chi connectivity index (χ3n) is 3.65. The molecule has 5 heteroatoms. The zero-order valence-electron chi connectivity index (χ0n) is 10.6. The molecule has 100 valence electrons. The van der Waals surface area contributed by atoms with Crippen LogP contribution in [0.5, 0.6) is 0 Å². The van der Waals surface area contributed by atoms with Gasteiger partial charge in [-0.3, -0.25) is 0 Å². The van der Waals surface area contributed by atoms with E-state index >= 15 is 0 Å². The summed E-state index contributed by atoms with van der Waals surface area (Å²) in [5, 5.41) is 4.08. The Kier molecular flexibility index (Phi) is 3.58. The maximum atomic E-state index is 6.33. The number of hydrogen-bond donors (Lipinski definition) is 1. The molecule has 1 aromatic carbocycles. The summed E-state index contributed by atoms with van der Waals surface area (Å²) in [4.78, 5) is 4.48. The first-order valence-electron chi connectivity index (χ1n) is 6.52. The monoisotopic (exact) mass is 369 g/mol. The van der Waals surface area contributed by atoms with E-state index in [0.29, 0.717) is 18.1 Å². The smallest absolute Gasteiger partial charge is 0.231 e. The number of rotatable bonds is 3. The van der Waals surface area contributed by atoms with Gasteiger partial charge < -0.3 is 10.3 Å². The molecule has 4 nitrogen and oxygen atoms in total. The second kappa shape index (κ2) is 5.20. The van der Waals surface area contributed by atoms with Crippen LogP contribution in [0.4, 0.5) is 0 Å². The molecule has 0 atom stereocenters. The van der Waals surface area contributed by atoms with E-state index in [1.807, 2.05) is 6.07 Å². The predicted octanol–water partition coefficient (Wildman–Crippen LogP) is 2.99. The molecule has 1 saturated carbocycles. The molecule has 3 rings (SSSR count). The van der Waals surface area contributed by atoms with E-state index in [2.05, 4.69) is 50.9 Å². The highest BCUT2D eigenvalue weighted by atomic mass is 127. The number of halogens is 1. The number of hydrogen-bond acceptors (Lipinski definition) is 4. The molecule has 2 N–H and O–H groups in total. The van der Waals surface area contributed by atoms with Gasteiger partial charge in [0, 0.05) is 3.57 Å². The Bertz CT molecular complexity index is 576. The lowest BCUT2D eigenvalue weighted by atomic mass is 9.99. The normalized spacial score (nSPS) is 17.8. The van der Waals surface area contributed by atoms with E-state index in [-0.39, 0.29) is 5.54 Å². The van der Waals surface area contributed by atoms with Gasteiger partial charge in [-0.1, -0.05) is 30.1 Å². The van der Waals surface area contributed by atoms with Gasteiger partial charge in [0.15, 0.2) is 5.82 Å². The van der Waals surface area contributed by atoms with Gasteiger partial charge in [0.2, 0.25) is 5.89 Å². The van der Waals surface area contributed by atoms with Crippen LogP contribution in [-0.2, 0) is 12.0 Å². The minimum Gasteiger partial charge on any atom is -0.339 e. The summed E-state index contributed by atoms with van der Waals surface area (Å²) in [6.07, 6.45) is 4.87. The Hall–Kier alpha value is -0.950. The predicted molar refractivity (Wildman–Crippen MR) is 80.6 cm³/mol. The lowest BCUT2D eigenvalue weighted by Gasteiger charge is -2.17. The van der Waals surface area contributed by atoms with Gasteiger partial charge >= 0.3 is 0 Å². The number of aromatic nitrogens is 2. The van der Waals surface area contributed by atoms with Crippen molar-refractivity contribution in [3.63, 3.8) is 0 Å². The van der Waals surface area contributed by atoms with Crippen molar-refractivity contribution >= 4 is 22.6 Å². The lowest BCUT2D eigenvalue weighted by molar-refractivity contribution is 0.352. The van der Waals surface area contributed by atoms with Crippen molar-refractivity contribution in [2.75, 3.05) is 0 Å². The van der Waals surface area contributed by atoms with Crippen LogP contribution in [-0.4, -0.2) is 10.1 Å². The fraction of sp³-hybridized carbons (Fsp3) is 0.429. The first kappa shape index (κ1) is 13.1. The standard InChI is InChI=1S/C14H16IN3O/c15-11-5-3-4-10(8-11)9-12-17-13(18-19-12)14(16)6-1-2-7-14/h3-5,8H,1-2,6-7,9,16H2. The molecule has 0 saturated heterocycles. The topological polar surface area (TPSA) is 64.9 Å². The molecule has 2 aromatic rings. The molecule has 0 unspecified atom stereocenters. The molecule has 1 heterocycles. The summed E-state index contributed by atoms with van der Waals surface area (Å²) >= 11 is 2.30. The first-order chi connectivity index (χ1) is 9.16. The van der Waals surface area contributed by atoms with Crippen molar-refractivity contribution in [1.29, 1.82) is 0 Å². The molecular formula is C14H16IN3O. The van der Waals surface area contributed by atoms with Crippen molar-refractivity contribution < 1.29 is 4.52 Å². The highest BCUT2D eigenvalue weighted by Gasteiger charge is 2.35. The van der Waals surface area contributed by atoms with Gasteiger partial charge in [-0.05, 0) is 53.1 Å². The van der Waals surface area contributed by atoms with E-state index in [0.717, 1.165) is 25.7 Å². The summed E-state index contributed by atoms with van der Waals surface area (Å²) in [6.45, 7) is 0. The Morgan fingerprint density at radius 2 is 2.11 bits per heavy atom. The Morgan fingerprint density at radius 3 is 2.84 bits per heavy atom. The van der Waals surface area contributed by atoms with Crippen LogP contribution in [0.2, 0.25) is 0 Å². The van der Waals surface area contributed by atoms with Crippen LogP contribution in [0.3, 0.4) is 0 Å². The van der Waals surface area contributed by atoms with E-state index < -0.39 is 0 Å². The largest absolute Gasteiger partial charge is 0.339 e. The van der Waals surface area contributed by atoms with Gasteiger partial charge in [0.25, 0.3) is 0 Å². The molecule has 1 aromatic heterocycles. The second-order valence-electron chi connectivity index (χ2n) is 5.18. The number of nitrogens with two attached hydrogens (primary N) is 1. The van der Waals surface area contributed by atoms with Gasteiger partial charge in [-0.25, -0.2) is 0 Å². The van der Waals surface area contributed by atoms with Crippen molar-refractivity contribution in [3.8, 4) is 0 Å². The van der Waals surface area contributed by atoms with Crippen LogP contribution >= 0.6 is 22.6 Å². The van der Waals surface area contributed by atoms with Crippen molar-refractivity contribution in [2.24, 2.45) is 5.73 Å². The molecule has 19 heavy (non-hydrogen) atoms. The summed E-state index contributed by atoms with van der Waals surface area (Å²) in [5.74, 6) is 1.32. The third-order valence-corrected chi connectivity index (χ3v) is 4.32. The summed E-state index contributed by atoms with van der Waals surface area (Å²) in [7, 11) is 0. The van der Waals surface area contributed by atoms with Crippen LogP contribution in [0, 0.1) is 3.57 Å². The van der Waals surface area contributed by atoms with Crippen LogP contribution in [0.25, 0.3) is 0 Å². The zero-order valence-corrected chi connectivity index (χ0v) is 12.8. The fourth-order valence-electron chi connectivity index (χ4n) is 2.58. The molecule has 0 amide bonds. The first-order valence-corrected chi connectivity index (χ1v) is 7.60. The molecule has 0 bridgehead atoms. The van der Waals surface area contributed by atoms with Gasteiger partial charge in [0.1, 0.15) is 0 Å². The van der Waals surface area contributed by atoms with E-state index in [4.69, 9.17) is 10.3 Å². The average molecular weight is 369 g/mol. The molecule has 1 aliphatic rings. The highest BCUT2D eigenvalue weighted by molar-refractivity contribution is 14.1. The van der Waals surface area contributed by atoms with Crippen LogP contribution < -0.4 is 5.73 Å². The van der Waals surface area contributed by atoms with Gasteiger partial charge in [0.05, 0.1) is 12.0 Å². The number of nitrogens with zero attached hydrogens (tertiary/aromatic N) is 2. The van der Waals surface area contributed by atoms with E-state index in [1.165, 1.54) is 9.13 Å². The summed E-state index contributed by atoms with van der Waals surface area (Å²) in [5.41, 5.74) is 7.14. The van der Waals surface area contributed by atoms with E-state index in [1.54, 1.807) is 0 Å². The van der Waals surface area contributed by atoms with Crippen molar-refractivity contribution in [3.05, 3.63) is 45.1 Å². The Balaban J connectivity index is 1.78. The molecule has 0 radical (unpaired) electrons. The van der Waals surface area contributed by atoms with Gasteiger partial charge in [-0.15, -0.1) is 0 Å². The maximum absolute atomic E-state index is 6.33. The molecule has 1 aliphatic carbocycles. The number of benzene rings is 1. The minimum absolute atomic E-state index is 0.368. The highest BCUT2D eigenvalue weighted by Crippen LogP contribution is 2.34. The van der Waals surface area contributed by atoms with Gasteiger partial charge in [-0.2, -0.15) is 4.98 Å². The Morgan fingerprint density at radius 1 is 1.32 bits per heavy atom. The molecule has 0 aliphatic heterocycles. The third kappa shape index (κ3) is 2.81. The summed E-state index contributed by atoms with van der Waals surface area (Å²) < 4.78 is 6.55. The summed E-state index contributed by atoms with van der Waals surface area (Å²) in [6, 6.07) is 8.30. The minimum atomic E-state index is -0.368. The Labute approximate surface area is 125 Å². The van der Waals surface area contributed by atoms with Crippen LogP contribution in [0.1, 0.15) is 43.0 Å². The molecule has 1 fully saturated rings. The zero-order chi connectivity index (χ0) is 13.3. The quantitative estimate of drug-likeness (QED) is 0.845. The lowest BCUT2D eigenvalue weighted by Crippen LogP contribution is -2.34. The maximum Gasteiger partial charge on any atom is 0.231 e. The fourth-order valence-corrected chi connectivity index (χ4v) is 3.19. The van der Waals surface area contributed by atoms with Crippen molar-refractivity contribution in [2.45, 2.75) is 37.6 Å². The van der Waals surface area contributed by atoms with E-state index in [9.17, 15) is 0 Å². The average Bonchev–Trinajstić information content (AvgIpc) is 2.99. The molecule has 0 spiro atoms.